The van der Waals surface area contributed by atoms with Gasteiger partial charge in [-0.15, -0.1) is 0 Å². The average Bonchev–Trinajstić information content (AvgIpc) is 2.76. The summed E-state index contributed by atoms with van der Waals surface area (Å²) in [6, 6.07) is 3.28. The van der Waals surface area contributed by atoms with Crippen molar-refractivity contribution in [1.82, 2.24) is 0 Å². The first-order valence-electron chi connectivity index (χ1n) is 5.58. The Morgan fingerprint density at radius 1 is 1.61 bits per heavy atom. The van der Waals surface area contributed by atoms with E-state index in [-0.39, 0.29) is 0 Å². The van der Waals surface area contributed by atoms with Crippen molar-refractivity contribution in [2.24, 2.45) is 5.73 Å². The van der Waals surface area contributed by atoms with E-state index in [4.69, 9.17) is 15.6 Å². The molecule has 4 nitrogen and oxygen atoms in total. The number of fused-ring (bicyclic) bond motifs is 1. The molecule has 98 valence electrons. The van der Waals surface area contributed by atoms with Gasteiger partial charge in [-0.05, 0) is 17.7 Å². The maximum absolute atomic E-state index is 10.6. The molecule has 0 aliphatic carbocycles. The zero-order chi connectivity index (χ0) is 13.1. The standard InChI is InChI=1S/C12H14BrNO3S/c13-9-3-7-1-2-17-11(7)8(4-9)5-18-6-10(14)12(15)16/h3-4,10H,1-2,5-6,14H2,(H,15,16)/t10-/m0/s1. The van der Waals surface area contributed by atoms with Crippen LogP contribution in [0.15, 0.2) is 16.6 Å². The van der Waals surface area contributed by atoms with Gasteiger partial charge in [-0.2, -0.15) is 11.8 Å². The smallest absolute Gasteiger partial charge is 0.321 e. The molecule has 1 aromatic carbocycles. The Balaban J connectivity index is 2.00. The molecule has 0 bridgehead atoms. The van der Waals surface area contributed by atoms with Crippen molar-refractivity contribution in [2.75, 3.05) is 12.4 Å². The van der Waals surface area contributed by atoms with Crippen LogP contribution in [-0.2, 0) is 17.0 Å². The molecule has 6 heteroatoms. The second-order valence-electron chi connectivity index (χ2n) is 4.11. The van der Waals surface area contributed by atoms with Gasteiger partial charge in [0.2, 0.25) is 0 Å². The quantitative estimate of drug-likeness (QED) is 0.863. The number of carboxylic acids is 1. The van der Waals surface area contributed by atoms with E-state index in [1.54, 1.807) is 0 Å². The Bertz CT molecular complexity index is 467. The SMILES string of the molecule is N[C@@H](CSCc1cc(Br)cc2c1OCC2)C(=O)O. The van der Waals surface area contributed by atoms with Gasteiger partial charge in [-0.25, -0.2) is 0 Å². The second kappa shape index (κ2) is 5.95. The summed E-state index contributed by atoms with van der Waals surface area (Å²) < 4.78 is 6.64. The van der Waals surface area contributed by atoms with Gasteiger partial charge in [0.05, 0.1) is 6.61 Å². The number of rotatable bonds is 5. The summed E-state index contributed by atoms with van der Waals surface area (Å²) >= 11 is 4.99. The van der Waals surface area contributed by atoms with Crippen LogP contribution in [0.1, 0.15) is 11.1 Å². The lowest BCUT2D eigenvalue weighted by Gasteiger charge is -2.10. The van der Waals surface area contributed by atoms with Crippen molar-refractivity contribution in [2.45, 2.75) is 18.2 Å². The number of ether oxygens (including phenoxy) is 1. The number of benzene rings is 1. The molecular formula is C12H14BrNO3S. The lowest BCUT2D eigenvalue weighted by Crippen LogP contribution is -2.32. The van der Waals surface area contributed by atoms with E-state index in [0.717, 1.165) is 28.8 Å². The lowest BCUT2D eigenvalue weighted by atomic mass is 10.1. The van der Waals surface area contributed by atoms with Crippen LogP contribution in [0, 0.1) is 0 Å². The molecule has 1 aliphatic heterocycles. The van der Waals surface area contributed by atoms with E-state index in [0.29, 0.717) is 11.5 Å². The van der Waals surface area contributed by atoms with Crippen molar-refractivity contribution < 1.29 is 14.6 Å². The van der Waals surface area contributed by atoms with Crippen LogP contribution >= 0.6 is 27.7 Å². The molecule has 3 N–H and O–H groups in total. The molecule has 1 aliphatic rings. The van der Waals surface area contributed by atoms with Crippen molar-refractivity contribution in [3.63, 3.8) is 0 Å². The summed E-state index contributed by atoms with van der Waals surface area (Å²) in [6.45, 7) is 0.720. The van der Waals surface area contributed by atoms with Crippen LogP contribution < -0.4 is 10.5 Å². The van der Waals surface area contributed by atoms with Crippen LogP contribution in [-0.4, -0.2) is 29.5 Å². The highest BCUT2D eigenvalue weighted by molar-refractivity contribution is 9.10. The molecule has 0 saturated carbocycles. The van der Waals surface area contributed by atoms with Crippen LogP contribution in [0.5, 0.6) is 5.75 Å². The molecule has 18 heavy (non-hydrogen) atoms. The summed E-state index contributed by atoms with van der Waals surface area (Å²) in [5, 5.41) is 8.71. The molecule has 2 rings (SSSR count). The second-order valence-corrected chi connectivity index (χ2v) is 6.06. The Morgan fingerprint density at radius 2 is 2.39 bits per heavy atom. The fraction of sp³-hybridized carbons (Fsp3) is 0.417. The van der Waals surface area contributed by atoms with E-state index < -0.39 is 12.0 Å². The summed E-state index contributed by atoms with van der Waals surface area (Å²) in [4.78, 5) is 10.6. The number of thioether (sulfide) groups is 1. The normalized spacial score (nSPS) is 15.0. The van der Waals surface area contributed by atoms with Crippen LogP contribution in [0.4, 0.5) is 0 Å². The highest BCUT2D eigenvalue weighted by atomic mass is 79.9. The largest absolute Gasteiger partial charge is 0.493 e. The number of halogens is 1. The molecule has 0 radical (unpaired) electrons. The Hall–Kier alpha value is -0.720. The molecule has 0 saturated heterocycles. The van der Waals surface area contributed by atoms with Gasteiger partial charge >= 0.3 is 5.97 Å². The molecule has 0 spiro atoms. The maximum atomic E-state index is 10.6. The van der Waals surface area contributed by atoms with Gasteiger partial charge in [-0.1, -0.05) is 15.9 Å². The fourth-order valence-electron chi connectivity index (χ4n) is 1.82. The minimum absolute atomic E-state index is 0.399. The molecule has 0 fully saturated rings. The van der Waals surface area contributed by atoms with Crippen molar-refractivity contribution in [3.8, 4) is 5.75 Å². The van der Waals surface area contributed by atoms with Crippen LogP contribution in [0.25, 0.3) is 0 Å². The summed E-state index contributed by atoms with van der Waals surface area (Å²) in [5.41, 5.74) is 7.77. The maximum Gasteiger partial charge on any atom is 0.321 e. The first kappa shape index (κ1) is 13.7. The van der Waals surface area contributed by atoms with E-state index in [1.807, 2.05) is 6.07 Å². The topological polar surface area (TPSA) is 72.5 Å². The number of hydrogen-bond acceptors (Lipinski definition) is 4. The third kappa shape index (κ3) is 3.18. The Morgan fingerprint density at radius 3 is 3.11 bits per heavy atom. The minimum Gasteiger partial charge on any atom is -0.493 e. The number of carbonyl (C=O) groups is 1. The Kier molecular flexibility index (Phi) is 4.53. The predicted octanol–water partition coefficient (Wildman–Crippen LogP) is 2.03. The molecule has 1 aromatic rings. The molecular weight excluding hydrogens is 318 g/mol. The summed E-state index contributed by atoms with van der Waals surface area (Å²) in [7, 11) is 0. The zero-order valence-electron chi connectivity index (χ0n) is 9.69. The summed E-state index contributed by atoms with van der Waals surface area (Å²) in [6.07, 6.45) is 0.932. The monoisotopic (exact) mass is 331 g/mol. The molecule has 1 atom stereocenters. The Labute approximate surface area is 118 Å². The predicted molar refractivity (Wildman–Crippen MR) is 75.1 cm³/mol. The first-order valence-corrected chi connectivity index (χ1v) is 7.53. The lowest BCUT2D eigenvalue weighted by molar-refractivity contribution is -0.137. The van der Waals surface area contributed by atoms with Crippen molar-refractivity contribution >= 4 is 33.7 Å². The van der Waals surface area contributed by atoms with Gasteiger partial charge in [0.15, 0.2) is 0 Å². The fourth-order valence-corrected chi connectivity index (χ4v) is 3.32. The highest BCUT2D eigenvalue weighted by Crippen LogP contribution is 2.35. The van der Waals surface area contributed by atoms with Gasteiger partial charge in [-0.3, -0.25) is 4.79 Å². The number of hydrogen-bond donors (Lipinski definition) is 2. The highest BCUT2D eigenvalue weighted by Gasteiger charge is 2.18. The van der Waals surface area contributed by atoms with Gasteiger partial charge in [0.25, 0.3) is 0 Å². The average molecular weight is 332 g/mol. The van der Waals surface area contributed by atoms with Crippen LogP contribution in [0.2, 0.25) is 0 Å². The molecule has 0 aromatic heterocycles. The number of nitrogens with two attached hydrogens (primary N) is 1. The van der Waals surface area contributed by atoms with Crippen molar-refractivity contribution in [1.29, 1.82) is 0 Å². The van der Waals surface area contributed by atoms with Crippen molar-refractivity contribution in [3.05, 3.63) is 27.7 Å². The number of aliphatic carboxylic acids is 1. The number of carboxylic acid groups (broad SMARTS) is 1. The zero-order valence-corrected chi connectivity index (χ0v) is 12.1. The molecule has 0 amide bonds. The van der Waals surface area contributed by atoms with Gasteiger partial charge < -0.3 is 15.6 Å². The van der Waals surface area contributed by atoms with E-state index in [1.165, 1.54) is 17.3 Å². The summed E-state index contributed by atoms with van der Waals surface area (Å²) in [5.74, 6) is 1.10. The third-order valence-corrected chi connectivity index (χ3v) is 4.27. The van der Waals surface area contributed by atoms with Gasteiger partial charge in [0, 0.05) is 28.0 Å². The van der Waals surface area contributed by atoms with E-state index in [9.17, 15) is 4.79 Å². The minimum atomic E-state index is -0.960. The van der Waals surface area contributed by atoms with Crippen LogP contribution in [0.3, 0.4) is 0 Å². The van der Waals surface area contributed by atoms with E-state index >= 15 is 0 Å². The van der Waals surface area contributed by atoms with Gasteiger partial charge in [0.1, 0.15) is 11.8 Å². The molecule has 0 unspecified atom stereocenters. The third-order valence-electron chi connectivity index (χ3n) is 2.70. The first-order chi connectivity index (χ1) is 8.58. The van der Waals surface area contributed by atoms with E-state index in [2.05, 4.69) is 22.0 Å². The molecule has 1 heterocycles.